The molecule has 4 unspecified atom stereocenters. The van der Waals surface area contributed by atoms with Crippen LogP contribution in [0.15, 0.2) is 48.6 Å². The van der Waals surface area contributed by atoms with Crippen molar-refractivity contribution >= 4 is 8.24 Å². The van der Waals surface area contributed by atoms with Crippen molar-refractivity contribution in [2.24, 2.45) is 23.7 Å². The number of nitrogens with one attached hydrogen (secondary N) is 1. The number of rotatable bonds is 3. The molecule has 0 aromatic rings. The highest BCUT2D eigenvalue weighted by Gasteiger charge is 2.53. The van der Waals surface area contributed by atoms with Crippen molar-refractivity contribution in [1.29, 1.82) is 0 Å². The first-order chi connectivity index (χ1) is 14.2. The van der Waals surface area contributed by atoms with Crippen molar-refractivity contribution in [3.63, 3.8) is 0 Å². The quantitative estimate of drug-likeness (QED) is 0.474. The number of hydrogen-bond acceptors (Lipinski definition) is 1. The maximum Gasteiger partial charge on any atom is 0.123 e. The van der Waals surface area contributed by atoms with Crippen molar-refractivity contribution in [1.82, 2.24) is 4.98 Å². The highest BCUT2D eigenvalue weighted by atomic mass is 28.3. The van der Waals surface area contributed by atoms with Gasteiger partial charge in [0.25, 0.3) is 0 Å². The first kappa shape index (κ1) is 21.4. The van der Waals surface area contributed by atoms with Crippen LogP contribution in [0, 0.1) is 23.7 Å². The Bertz CT molecular complexity index is 597. The summed E-state index contributed by atoms with van der Waals surface area (Å²) in [6.45, 7) is 5.29. The molecule has 4 atom stereocenters. The van der Waals surface area contributed by atoms with Crippen molar-refractivity contribution < 1.29 is 0 Å². The minimum atomic E-state index is -1.58. The Morgan fingerprint density at radius 2 is 0.931 bits per heavy atom. The Morgan fingerprint density at radius 1 is 0.552 bits per heavy atom. The van der Waals surface area contributed by atoms with Gasteiger partial charge in [0.1, 0.15) is 8.24 Å². The van der Waals surface area contributed by atoms with Crippen LogP contribution in [0.3, 0.4) is 0 Å². The van der Waals surface area contributed by atoms with Crippen molar-refractivity contribution in [2.75, 3.05) is 0 Å². The second-order valence-corrected chi connectivity index (χ2v) is 15.1. The summed E-state index contributed by atoms with van der Waals surface area (Å²) in [7, 11) is -1.58. The third-order valence-electron chi connectivity index (χ3n) is 8.23. The first-order valence-corrected chi connectivity index (χ1v) is 15.7. The van der Waals surface area contributed by atoms with Crippen LogP contribution < -0.4 is 4.98 Å². The number of fused-ring (bicyclic) bond motifs is 3. The van der Waals surface area contributed by atoms with Gasteiger partial charge in [-0.15, -0.1) is 0 Å². The molecular weight excluding hydrogens is 366 g/mol. The van der Waals surface area contributed by atoms with E-state index in [1.807, 2.05) is 0 Å². The number of hydrogen-bond donors (Lipinski definition) is 1. The lowest BCUT2D eigenvalue weighted by atomic mass is 9.83. The molecule has 0 amide bonds. The highest BCUT2D eigenvalue weighted by Crippen LogP contribution is 2.57. The van der Waals surface area contributed by atoms with Gasteiger partial charge in [0.2, 0.25) is 0 Å². The average molecular weight is 410 g/mol. The van der Waals surface area contributed by atoms with Gasteiger partial charge < -0.3 is 4.98 Å². The predicted molar refractivity (Wildman–Crippen MR) is 129 cm³/mol. The summed E-state index contributed by atoms with van der Waals surface area (Å²) < 4.78 is 0. The molecule has 2 fully saturated rings. The Labute approximate surface area is 180 Å². The third-order valence-corrected chi connectivity index (χ3v) is 11.8. The lowest BCUT2D eigenvalue weighted by molar-refractivity contribution is 0.435. The van der Waals surface area contributed by atoms with E-state index in [9.17, 15) is 0 Å². The first-order valence-electron chi connectivity index (χ1n) is 12.6. The molecule has 0 aliphatic heterocycles. The summed E-state index contributed by atoms with van der Waals surface area (Å²) in [4.78, 5) is 4.38. The molecule has 2 saturated carbocycles. The molecule has 1 N–H and O–H groups in total. The van der Waals surface area contributed by atoms with Crippen molar-refractivity contribution in [3.8, 4) is 0 Å². The van der Waals surface area contributed by atoms with Crippen LogP contribution in [-0.4, -0.2) is 14.3 Å². The fraction of sp³-hybridized carbons (Fsp3) is 0.704. The molecule has 4 aliphatic rings. The summed E-state index contributed by atoms with van der Waals surface area (Å²) >= 11 is 0. The Balaban J connectivity index is 1.47. The van der Waals surface area contributed by atoms with Gasteiger partial charge in [-0.1, -0.05) is 119 Å². The standard InChI is InChI=1S/C27H43NSi/c1-29(2,28-22-16-10-8-6-4-3-5-7-9-11-17-22)27-25-20-14-12-18-23(25)24-19-13-15-21-26(24)27/h12-15,18-28H,3-11,16-17H2,1-2H3. The Morgan fingerprint density at radius 3 is 1.38 bits per heavy atom. The molecule has 2 heteroatoms. The van der Waals surface area contributed by atoms with Gasteiger partial charge in [0.05, 0.1) is 0 Å². The highest BCUT2D eigenvalue weighted by molar-refractivity contribution is 6.76. The third kappa shape index (κ3) is 5.07. The van der Waals surface area contributed by atoms with Crippen LogP contribution >= 0.6 is 0 Å². The monoisotopic (exact) mass is 409 g/mol. The van der Waals surface area contributed by atoms with Crippen LogP contribution in [-0.2, 0) is 0 Å². The van der Waals surface area contributed by atoms with E-state index in [1.54, 1.807) is 0 Å². The molecule has 4 aliphatic carbocycles. The van der Waals surface area contributed by atoms with E-state index in [1.165, 1.54) is 70.6 Å². The van der Waals surface area contributed by atoms with Crippen LogP contribution in [0.5, 0.6) is 0 Å². The molecule has 0 heterocycles. The fourth-order valence-corrected chi connectivity index (χ4v) is 11.0. The van der Waals surface area contributed by atoms with E-state index < -0.39 is 8.24 Å². The Hall–Kier alpha value is -0.863. The van der Waals surface area contributed by atoms with E-state index in [-0.39, 0.29) is 0 Å². The van der Waals surface area contributed by atoms with E-state index in [4.69, 9.17) is 0 Å². The van der Waals surface area contributed by atoms with Gasteiger partial charge in [-0.2, -0.15) is 0 Å². The summed E-state index contributed by atoms with van der Waals surface area (Å²) in [5.74, 6) is 2.87. The van der Waals surface area contributed by atoms with E-state index >= 15 is 0 Å². The largest absolute Gasteiger partial charge is 0.334 e. The smallest absolute Gasteiger partial charge is 0.123 e. The molecule has 0 radical (unpaired) electrons. The lowest BCUT2D eigenvalue weighted by Gasteiger charge is -2.41. The molecule has 0 bridgehead atoms. The van der Waals surface area contributed by atoms with Gasteiger partial charge in [-0.3, -0.25) is 0 Å². The summed E-state index contributed by atoms with van der Waals surface area (Å²) in [6, 6.07) is 0.750. The van der Waals surface area contributed by atoms with E-state index in [2.05, 4.69) is 66.7 Å². The zero-order chi connectivity index (χ0) is 20.1. The fourth-order valence-electron chi connectivity index (χ4n) is 6.92. The maximum absolute atomic E-state index is 4.38. The van der Waals surface area contributed by atoms with Gasteiger partial charge in [0, 0.05) is 6.04 Å². The molecule has 1 nitrogen and oxygen atoms in total. The van der Waals surface area contributed by atoms with Gasteiger partial charge >= 0.3 is 0 Å². The van der Waals surface area contributed by atoms with Gasteiger partial charge in [0.15, 0.2) is 0 Å². The minimum absolute atomic E-state index is 0.709. The van der Waals surface area contributed by atoms with Crippen molar-refractivity contribution in [3.05, 3.63) is 48.6 Å². The van der Waals surface area contributed by atoms with E-state index in [0.717, 1.165) is 23.4 Å². The predicted octanol–water partition coefficient (Wildman–Crippen LogP) is 7.56. The minimum Gasteiger partial charge on any atom is -0.334 e. The topological polar surface area (TPSA) is 12.0 Å². The zero-order valence-electron chi connectivity index (χ0n) is 18.9. The van der Waals surface area contributed by atoms with Crippen LogP contribution in [0.1, 0.15) is 70.6 Å². The normalized spacial score (nSPS) is 36.3. The van der Waals surface area contributed by atoms with Crippen LogP contribution in [0.25, 0.3) is 0 Å². The average Bonchev–Trinajstić information content (AvgIpc) is 3.05. The number of allylic oxidation sites excluding steroid dienone is 8. The molecule has 0 aromatic heterocycles. The second kappa shape index (κ2) is 9.96. The lowest BCUT2D eigenvalue weighted by Crippen LogP contribution is -2.56. The summed E-state index contributed by atoms with van der Waals surface area (Å²) in [5, 5.41) is 0. The molecule has 4 rings (SSSR count). The molecular formula is C27H43NSi. The zero-order valence-corrected chi connectivity index (χ0v) is 19.9. The Kier molecular flexibility index (Phi) is 7.34. The summed E-state index contributed by atoms with van der Waals surface area (Å²) in [6.07, 6.45) is 35.2. The maximum atomic E-state index is 4.38. The van der Waals surface area contributed by atoms with Gasteiger partial charge in [-0.25, -0.2) is 0 Å². The molecule has 160 valence electrons. The summed E-state index contributed by atoms with van der Waals surface area (Å²) in [5.41, 5.74) is 0.807. The molecule has 0 aromatic carbocycles. The molecule has 0 spiro atoms. The molecule has 0 saturated heterocycles. The second-order valence-electron chi connectivity index (χ2n) is 10.7. The SMILES string of the molecule is C[Si](C)(NC1CCCCCCCCCCC1)C1C2C=CC=CC2C2C=CC=CC21. The molecule has 29 heavy (non-hydrogen) atoms. The van der Waals surface area contributed by atoms with Crippen LogP contribution in [0.4, 0.5) is 0 Å². The van der Waals surface area contributed by atoms with Gasteiger partial charge in [-0.05, 0) is 42.1 Å². The van der Waals surface area contributed by atoms with Crippen molar-refractivity contribution in [2.45, 2.75) is 95.3 Å². The van der Waals surface area contributed by atoms with E-state index in [0.29, 0.717) is 11.8 Å². The van der Waals surface area contributed by atoms with Crippen LogP contribution in [0.2, 0.25) is 18.6 Å².